The number of amides is 8. The molecule has 390 valence electrons. The molecule has 0 aliphatic carbocycles. The molecule has 8 amide bonds. The van der Waals surface area contributed by atoms with Gasteiger partial charge in [-0.15, -0.1) is 0 Å². The van der Waals surface area contributed by atoms with Crippen molar-refractivity contribution in [2.45, 2.75) is 121 Å². The lowest BCUT2D eigenvalue weighted by atomic mass is 10.0. The van der Waals surface area contributed by atoms with Crippen LogP contribution in [-0.2, 0) is 56.1 Å². The van der Waals surface area contributed by atoms with Crippen molar-refractivity contribution in [1.29, 1.82) is 0 Å². The minimum atomic E-state index is -1.32. The molecule has 0 spiro atoms. The van der Waals surface area contributed by atoms with Gasteiger partial charge in [0.05, 0.1) is 6.54 Å². The normalized spacial score (nSPS) is 13.9. The van der Waals surface area contributed by atoms with E-state index < -0.39 is 96.2 Å². The van der Waals surface area contributed by atoms with Crippen LogP contribution in [0.15, 0.2) is 60.8 Å². The summed E-state index contributed by atoms with van der Waals surface area (Å²) in [6.45, 7) is 10.4. The van der Waals surface area contributed by atoms with Gasteiger partial charge < -0.3 is 57.8 Å². The van der Waals surface area contributed by atoms with E-state index in [0.717, 1.165) is 10.9 Å². The summed E-state index contributed by atoms with van der Waals surface area (Å²) in [5, 5.41) is 28.5. The number of H-pyrrole nitrogens is 1. The van der Waals surface area contributed by atoms with Gasteiger partial charge in [0, 0.05) is 40.4 Å². The molecule has 1 heterocycles. The van der Waals surface area contributed by atoms with Crippen LogP contribution in [0.25, 0.3) is 10.9 Å². The number of thioether (sulfide) groups is 1. The summed E-state index contributed by atoms with van der Waals surface area (Å²) in [7, 11) is 4.24. The van der Waals surface area contributed by atoms with Gasteiger partial charge in [0.1, 0.15) is 42.9 Å². The van der Waals surface area contributed by atoms with E-state index in [2.05, 4.69) is 42.2 Å². The molecule has 20 nitrogen and oxygen atoms in total. The van der Waals surface area contributed by atoms with Crippen molar-refractivity contribution in [2.24, 2.45) is 11.7 Å². The molecule has 6 atom stereocenters. The molecule has 71 heavy (non-hydrogen) atoms. The van der Waals surface area contributed by atoms with Gasteiger partial charge in [-0.1, -0.05) is 105 Å². The standard InChI is InChI=1S/C47H67N9O11S4/c1-27(2)21-35(55-43(62)34(19-20-68-7)53-42(61)33(17-18-38(48)57)56-46(66)67-25-29-13-9-8-10-14-29)44(63)51-28(3)40(59)54-36(22-30-23-49-32-16-12-11-15-31(30)32)41(60)50-24-39(58)52-37(45(64)65)26-69-71-70-47(4,5)6/h8-16,23,27-28,33-37,49H,17-22,24-26H2,1-7H3,(H2,48,57)(H,50,60)(H,51,63)(H,52,58)(H,53,61)(H,54,59)(H,55,62)(H,56,66)(H,64,65)/t28-,33-,34-,35-,36-,37-/m0/s1. The van der Waals surface area contributed by atoms with Gasteiger partial charge in [0.2, 0.25) is 41.4 Å². The van der Waals surface area contributed by atoms with Crippen LogP contribution in [0.2, 0.25) is 0 Å². The highest BCUT2D eigenvalue weighted by molar-refractivity contribution is 9.09. The summed E-state index contributed by atoms with van der Waals surface area (Å²) in [4.78, 5) is 122. The Kier molecular flexibility index (Phi) is 25.5. The molecule has 0 saturated carbocycles. The minimum absolute atomic E-state index is 0.0378. The number of hydrogen-bond acceptors (Lipinski definition) is 14. The minimum Gasteiger partial charge on any atom is -0.480 e. The fourth-order valence-electron chi connectivity index (χ4n) is 6.55. The number of hydrogen-bond donors (Lipinski definition) is 10. The maximum absolute atomic E-state index is 13.9. The average Bonchev–Trinajstić information content (AvgIpc) is 3.72. The molecule has 0 saturated heterocycles. The predicted molar refractivity (Wildman–Crippen MR) is 280 cm³/mol. The van der Waals surface area contributed by atoms with Gasteiger partial charge in [0.15, 0.2) is 0 Å². The lowest BCUT2D eigenvalue weighted by Gasteiger charge is -2.27. The highest BCUT2D eigenvalue weighted by Gasteiger charge is 2.33. The van der Waals surface area contributed by atoms with Crippen LogP contribution in [0.4, 0.5) is 4.79 Å². The Morgan fingerprint density at radius 3 is 1.99 bits per heavy atom. The van der Waals surface area contributed by atoms with Gasteiger partial charge >= 0.3 is 12.1 Å². The smallest absolute Gasteiger partial charge is 0.408 e. The summed E-state index contributed by atoms with van der Waals surface area (Å²) >= 11 is 1.40. The fourth-order valence-corrected chi connectivity index (χ4v) is 11.8. The Morgan fingerprint density at radius 1 is 0.732 bits per heavy atom. The number of alkyl carbamates (subject to hydrolysis) is 1. The molecule has 0 unspecified atom stereocenters. The van der Waals surface area contributed by atoms with Crippen LogP contribution >= 0.6 is 43.2 Å². The first kappa shape index (κ1) is 59.7. The van der Waals surface area contributed by atoms with Crippen LogP contribution in [0.5, 0.6) is 0 Å². The van der Waals surface area contributed by atoms with Gasteiger partial charge in [0.25, 0.3) is 0 Å². The number of carboxylic acid groups (broad SMARTS) is 1. The van der Waals surface area contributed by atoms with Crippen LogP contribution in [0.1, 0.15) is 78.4 Å². The van der Waals surface area contributed by atoms with E-state index in [1.165, 1.54) is 39.3 Å². The second kappa shape index (κ2) is 30.3. The molecule has 2 aromatic carbocycles. The average molecular weight is 1060 g/mol. The summed E-state index contributed by atoms with van der Waals surface area (Å²) in [6.07, 6.45) is 2.29. The predicted octanol–water partition coefficient (Wildman–Crippen LogP) is 3.54. The van der Waals surface area contributed by atoms with Crippen molar-refractivity contribution < 1.29 is 53.0 Å². The number of carbonyl (C=O) groups excluding carboxylic acids is 8. The topological polar surface area (TPSA) is 309 Å². The van der Waals surface area contributed by atoms with Crippen molar-refractivity contribution in [3.63, 3.8) is 0 Å². The van der Waals surface area contributed by atoms with Crippen molar-refractivity contribution in [1.82, 2.24) is 42.2 Å². The molecule has 24 heteroatoms. The summed E-state index contributed by atoms with van der Waals surface area (Å²) in [6, 6.07) is 8.65. The van der Waals surface area contributed by atoms with E-state index in [-0.39, 0.29) is 55.1 Å². The Bertz CT molecular complexity index is 2280. The number of carbonyl (C=O) groups is 9. The molecular formula is C47H67N9O11S4. The number of rotatable bonds is 30. The number of aromatic nitrogens is 1. The number of nitrogens with one attached hydrogen (secondary N) is 8. The molecule has 0 radical (unpaired) electrons. The number of aromatic amines is 1. The Hall–Kier alpha value is -5.59. The van der Waals surface area contributed by atoms with Gasteiger partial charge in [-0.05, 0) is 71.1 Å². The molecule has 1 aromatic heterocycles. The van der Waals surface area contributed by atoms with Gasteiger partial charge in [-0.3, -0.25) is 33.6 Å². The SMILES string of the molecule is CSCC[C@H](NC(=O)[C@H](CCC(N)=O)NC(=O)OCc1ccccc1)C(=O)N[C@@H](CC(C)C)C(=O)N[C@@H](C)C(=O)N[C@@H](Cc1c[nH]c2ccccc12)C(=O)NCC(=O)N[C@@H](CSSSC(C)(C)C)C(=O)O. The van der Waals surface area contributed by atoms with E-state index in [1.807, 2.05) is 58.9 Å². The molecule has 0 fully saturated rings. The number of primary amides is 1. The van der Waals surface area contributed by atoms with Gasteiger partial charge in [-0.25, -0.2) is 9.59 Å². The molecule has 0 aliphatic rings. The highest BCUT2D eigenvalue weighted by atomic mass is 33.5. The van der Waals surface area contributed by atoms with Crippen molar-refractivity contribution in [2.75, 3.05) is 24.3 Å². The fraction of sp³-hybridized carbons (Fsp3) is 0.511. The lowest BCUT2D eigenvalue weighted by molar-refractivity contribution is -0.141. The van der Waals surface area contributed by atoms with E-state index >= 15 is 0 Å². The zero-order valence-electron chi connectivity index (χ0n) is 40.9. The largest absolute Gasteiger partial charge is 0.480 e. The van der Waals surface area contributed by atoms with Crippen molar-refractivity contribution >= 4 is 107 Å². The number of fused-ring (bicyclic) bond motifs is 1. The molecule has 0 aliphatic heterocycles. The van der Waals surface area contributed by atoms with E-state index in [1.54, 1.807) is 53.6 Å². The number of para-hydroxylation sites is 1. The third kappa shape index (κ3) is 22.6. The molecule has 11 N–H and O–H groups in total. The molecular weight excluding hydrogens is 995 g/mol. The number of carboxylic acids is 1. The van der Waals surface area contributed by atoms with Crippen LogP contribution in [-0.4, -0.2) is 129 Å². The highest BCUT2D eigenvalue weighted by Crippen LogP contribution is 2.43. The van der Waals surface area contributed by atoms with E-state index in [0.29, 0.717) is 16.9 Å². The number of aliphatic carboxylic acids is 1. The third-order valence-corrected chi connectivity index (χ3v) is 15.8. The van der Waals surface area contributed by atoms with Gasteiger partial charge in [-0.2, -0.15) is 11.8 Å². The first-order valence-corrected chi connectivity index (χ1v) is 27.9. The molecule has 3 aromatic rings. The van der Waals surface area contributed by atoms with Crippen molar-refractivity contribution in [3.05, 3.63) is 71.9 Å². The third-order valence-electron chi connectivity index (χ3n) is 10.2. The van der Waals surface area contributed by atoms with Crippen LogP contribution in [0.3, 0.4) is 0 Å². The number of ether oxygens (including phenoxy) is 1. The number of nitrogens with two attached hydrogens (primary N) is 1. The Balaban J connectivity index is 1.73. The number of benzene rings is 2. The Morgan fingerprint density at radius 2 is 1.35 bits per heavy atom. The summed E-state index contributed by atoms with van der Waals surface area (Å²) in [5.41, 5.74) is 7.49. The lowest BCUT2D eigenvalue weighted by Crippen LogP contribution is -2.59. The Labute approximate surface area is 429 Å². The first-order chi connectivity index (χ1) is 33.6. The zero-order valence-corrected chi connectivity index (χ0v) is 44.2. The maximum Gasteiger partial charge on any atom is 0.408 e. The van der Waals surface area contributed by atoms with Crippen LogP contribution in [0, 0.1) is 5.92 Å². The second-order valence-corrected chi connectivity index (χ2v) is 23.8. The van der Waals surface area contributed by atoms with E-state index in [4.69, 9.17) is 10.5 Å². The second-order valence-electron chi connectivity index (χ2n) is 17.9. The monoisotopic (exact) mass is 1060 g/mol. The summed E-state index contributed by atoms with van der Waals surface area (Å²) < 4.78 is 5.21. The van der Waals surface area contributed by atoms with Crippen LogP contribution < -0.4 is 43.0 Å². The molecule has 0 bridgehead atoms. The summed E-state index contributed by atoms with van der Waals surface area (Å²) in [5.74, 6) is -6.17. The molecule has 3 rings (SSSR count). The van der Waals surface area contributed by atoms with E-state index in [9.17, 15) is 48.3 Å². The first-order valence-electron chi connectivity index (χ1n) is 22.8. The van der Waals surface area contributed by atoms with Crippen molar-refractivity contribution in [3.8, 4) is 0 Å². The quantitative estimate of drug-likeness (QED) is 0.0337. The maximum atomic E-state index is 13.9. The zero-order chi connectivity index (χ0) is 52.7.